The quantitative estimate of drug-likeness (QED) is 0.848. The van der Waals surface area contributed by atoms with Crippen LogP contribution < -0.4 is 0 Å². The smallest absolute Gasteiger partial charge is 0.255 e. The van der Waals surface area contributed by atoms with Gasteiger partial charge in [-0.05, 0) is 41.8 Å². The van der Waals surface area contributed by atoms with Crippen molar-refractivity contribution in [2.24, 2.45) is 0 Å². The zero-order valence-corrected chi connectivity index (χ0v) is 11.6. The summed E-state index contributed by atoms with van der Waals surface area (Å²) in [5.74, 6) is -0.478. The van der Waals surface area contributed by atoms with Crippen LogP contribution in [0.2, 0.25) is 0 Å². The molecular weight excluding hydrogens is 267 g/mol. The second-order valence-corrected chi connectivity index (χ2v) is 5.18. The summed E-state index contributed by atoms with van der Waals surface area (Å²) in [7, 11) is 0. The first-order chi connectivity index (χ1) is 10.1. The number of benzene rings is 2. The van der Waals surface area contributed by atoms with Crippen LogP contribution in [-0.2, 0) is 13.1 Å². The lowest BCUT2D eigenvalue weighted by Gasteiger charge is -2.15. The Bertz CT molecular complexity index is 760. The van der Waals surface area contributed by atoms with Crippen LogP contribution >= 0.6 is 0 Å². The Balaban J connectivity index is 1.85. The number of hydrogen-bond acceptors (Lipinski definition) is 2. The first-order valence-corrected chi connectivity index (χ1v) is 6.66. The van der Waals surface area contributed by atoms with Gasteiger partial charge in [-0.2, -0.15) is 5.26 Å². The molecule has 1 aliphatic heterocycles. The van der Waals surface area contributed by atoms with E-state index in [4.69, 9.17) is 5.26 Å². The van der Waals surface area contributed by atoms with Crippen molar-refractivity contribution in [1.29, 1.82) is 5.26 Å². The molecule has 0 saturated heterocycles. The number of carbonyl (C=O) groups excluding carboxylic acids is 1. The molecule has 1 amide bonds. The van der Waals surface area contributed by atoms with Crippen molar-refractivity contribution in [1.82, 2.24) is 4.90 Å². The first kappa shape index (κ1) is 13.3. The third kappa shape index (κ3) is 2.27. The van der Waals surface area contributed by atoms with E-state index in [0.717, 1.165) is 11.1 Å². The van der Waals surface area contributed by atoms with E-state index in [2.05, 4.69) is 6.07 Å². The van der Waals surface area contributed by atoms with E-state index < -0.39 is 0 Å². The van der Waals surface area contributed by atoms with Crippen molar-refractivity contribution >= 4 is 5.91 Å². The summed E-state index contributed by atoms with van der Waals surface area (Å²) in [4.78, 5) is 14.1. The van der Waals surface area contributed by atoms with Gasteiger partial charge in [0.05, 0.1) is 17.2 Å². The van der Waals surface area contributed by atoms with Crippen LogP contribution in [0.25, 0.3) is 0 Å². The minimum atomic E-state index is -0.345. The number of halogens is 1. The van der Waals surface area contributed by atoms with Crippen molar-refractivity contribution in [3.63, 3.8) is 0 Å². The molecule has 0 N–H and O–H groups in total. The van der Waals surface area contributed by atoms with Gasteiger partial charge in [-0.15, -0.1) is 0 Å². The fraction of sp³-hybridized carbons (Fsp3) is 0.176. The number of fused-ring (bicyclic) bond motifs is 1. The van der Waals surface area contributed by atoms with Gasteiger partial charge in [-0.3, -0.25) is 4.79 Å². The summed E-state index contributed by atoms with van der Waals surface area (Å²) >= 11 is 0. The van der Waals surface area contributed by atoms with Gasteiger partial charge in [0.15, 0.2) is 0 Å². The maximum Gasteiger partial charge on any atom is 0.255 e. The molecule has 0 aromatic heterocycles. The Morgan fingerprint density at radius 1 is 1.24 bits per heavy atom. The first-order valence-electron chi connectivity index (χ1n) is 6.66. The summed E-state index contributed by atoms with van der Waals surface area (Å²) in [6.07, 6.45) is 0. The van der Waals surface area contributed by atoms with Gasteiger partial charge in [0.25, 0.3) is 5.91 Å². The standard InChI is InChI=1S/C17H13FN2O/c1-11-15(18)7-6-14-10-20(17(21)16(11)14)9-13-4-2-12(8-19)3-5-13/h2-7H,9-10H2,1H3. The zero-order valence-electron chi connectivity index (χ0n) is 11.6. The van der Waals surface area contributed by atoms with Crippen molar-refractivity contribution in [2.45, 2.75) is 20.0 Å². The largest absolute Gasteiger partial charge is 0.330 e. The number of nitriles is 1. The van der Waals surface area contributed by atoms with E-state index in [-0.39, 0.29) is 11.7 Å². The Morgan fingerprint density at radius 3 is 2.62 bits per heavy atom. The molecule has 0 radical (unpaired) electrons. The third-order valence-corrected chi connectivity index (χ3v) is 3.80. The maximum absolute atomic E-state index is 13.6. The second kappa shape index (κ2) is 5.02. The van der Waals surface area contributed by atoms with Gasteiger partial charge in [-0.1, -0.05) is 18.2 Å². The molecule has 1 heterocycles. The van der Waals surface area contributed by atoms with E-state index in [1.807, 2.05) is 12.1 Å². The molecular formula is C17H13FN2O. The molecule has 3 rings (SSSR count). The lowest BCUT2D eigenvalue weighted by molar-refractivity contribution is 0.0766. The lowest BCUT2D eigenvalue weighted by atomic mass is 10.0. The second-order valence-electron chi connectivity index (χ2n) is 5.18. The molecule has 3 nitrogen and oxygen atoms in total. The Labute approximate surface area is 122 Å². The summed E-state index contributed by atoms with van der Waals surface area (Å²) in [6, 6.07) is 12.3. The highest BCUT2D eigenvalue weighted by molar-refractivity contribution is 5.99. The molecule has 2 aromatic carbocycles. The van der Waals surface area contributed by atoms with Crippen molar-refractivity contribution in [3.8, 4) is 6.07 Å². The van der Waals surface area contributed by atoms with Gasteiger partial charge in [0.2, 0.25) is 0 Å². The van der Waals surface area contributed by atoms with Gasteiger partial charge in [-0.25, -0.2) is 4.39 Å². The Hall–Kier alpha value is -2.67. The number of amides is 1. The molecule has 0 aliphatic carbocycles. The van der Waals surface area contributed by atoms with E-state index in [1.165, 1.54) is 6.07 Å². The molecule has 0 spiro atoms. The number of nitrogens with zero attached hydrogens (tertiary/aromatic N) is 2. The molecule has 0 atom stereocenters. The fourth-order valence-electron chi connectivity index (χ4n) is 2.64. The number of hydrogen-bond donors (Lipinski definition) is 0. The summed E-state index contributed by atoms with van der Waals surface area (Å²) in [6.45, 7) is 2.59. The molecule has 0 bridgehead atoms. The van der Waals surface area contributed by atoms with Crippen LogP contribution in [0.4, 0.5) is 4.39 Å². The number of rotatable bonds is 2. The minimum Gasteiger partial charge on any atom is -0.330 e. The topological polar surface area (TPSA) is 44.1 Å². The van der Waals surface area contributed by atoms with Gasteiger partial charge < -0.3 is 4.90 Å². The van der Waals surface area contributed by atoms with E-state index in [1.54, 1.807) is 30.0 Å². The molecule has 0 saturated carbocycles. The SMILES string of the molecule is Cc1c(F)ccc2c1C(=O)N(Cc1ccc(C#N)cc1)C2. The van der Waals surface area contributed by atoms with Crippen LogP contribution in [0.15, 0.2) is 36.4 Å². The Morgan fingerprint density at radius 2 is 1.95 bits per heavy atom. The van der Waals surface area contributed by atoms with Crippen LogP contribution in [0, 0.1) is 24.1 Å². The van der Waals surface area contributed by atoms with Crippen LogP contribution in [0.3, 0.4) is 0 Å². The van der Waals surface area contributed by atoms with Crippen molar-refractivity contribution in [2.75, 3.05) is 0 Å². The third-order valence-electron chi connectivity index (χ3n) is 3.80. The van der Waals surface area contributed by atoms with E-state index >= 15 is 0 Å². The number of carbonyl (C=O) groups is 1. The normalized spacial score (nSPS) is 13.2. The van der Waals surface area contributed by atoms with Crippen LogP contribution in [0.1, 0.15) is 32.6 Å². The van der Waals surface area contributed by atoms with Gasteiger partial charge in [0.1, 0.15) is 5.82 Å². The molecule has 0 unspecified atom stereocenters. The fourth-order valence-corrected chi connectivity index (χ4v) is 2.64. The predicted molar refractivity (Wildman–Crippen MR) is 75.9 cm³/mol. The van der Waals surface area contributed by atoms with E-state index in [0.29, 0.717) is 29.8 Å². The lowest BCUT2D eigenvalue weighted by Crippen LogP contribution is -2.23. The minimum absolute atomic E-state index is 0.133. The average Bonchev–Trinajstić information content (AvgIpc) is 2.81. The summed E-state index contributed by atoms with van der Waals surface area (Å²) < 4.78 is 13.6. The highest BCUT2D eigenvalue weighted by atomic mass is 19.1. The molecule has 4 heteroatoms. The Kier molecular flexibility index (Phi) is 3.19. The maximum atomic E-state index is 13.6. The van der Waals surface area contributed by atoms with Crippen LogP contribution in [0.5, 0.6) is 0 Å². The highest BCUT2D eigenvalue weighted by Crippen LogP contribution is 2.28. The molecule has 2 aromatic rings. The molecule has 104 valence electrons. The molecule has 0 fully saturated rings. The van der Waals surface area contributed by atoms with Crippen molar-refractivity contribution in [3.05, 3.63) is 70.0 Å². The molecule has 21 heavy (non-hydrogen) atoms. The average molecular weight is 280 g/mol. The van der Waals surface area contributed by atoms with Gasteiger partial charge in [0, 0.05) is 13.1 Å². The van der Waals surface area contributed by atoms with Crippen molar-refractivity contribution < 1.29 is 9.18 Å². The summed E-state index contributed by atoms with van der Waals surface area (Å²) in [5.41, 5.74) is 3.32. The summed E-state index contributed by atoms with van der Waals surface area (Å²) in [5, 5.41) is 8.78. The monoisotopic (exact) mass is 280 g/mol. The predicted octanol–water partition coefficient (Wildman–Crippen LogP) is 3.16. The van der Waals surface area contributed by atoms with E-state index in [9.17, 15) is 9.18 Å². The molecule has 1 aliphatic rings. The zero-order chi connectivity index (χ0) is 15.0. The van der Waals surface area contributed by atoms with Gasteiger partial charge >= 0.3 is 0 Å². The van der Waals surface area contributed by atoms with Crippen LogP contribution in [-0.4, -0.2) is 10.8 Å². The highest BCUT2D eigenvalue weighted by Gasteiger charge is 2.29.